The molecule has 0 unspecified atom stereocenters. The average molecular weight is 325 g/mol. The monoisotopic (exact) mass is 325 g/mol. The van der Waals surface area contributed by atoms with Crippen LogP contribution in [0.3, 0.4) is 0 Å². The molecule has 5 rings (SSSR count). The van der Waals surface area contributed by atoms with E-state index in [0.29, 0.717) is 0 Å². The van der Waals surface area contributed by atoms with Crippen molar-refractivity contribution in [3.05, 3.63) is 77.6 Å². The Morgan fingerprint density at radius 1 is 0.720 bits per heavy atom. The highest BCUT2D eigenvalue weighted by Crippen LogP contribution is 2.32. The molecule has 0 aliphatic carbocycles. The van der Waals surface area contributed by atoms with Gasteiger partial charge in [0.25, 0.3) is 0 Å². The third kappa shape index (κ3) is 1.89. The van der Waals surface area contributed by atoms with Crippen LogP contribution in [0.4, 0.5) is 0 Å². The van der Waals surface area contributed by atoms with E-state index in [4.69, 9.17) is 5.10 Å². The van der Waals surface area contributed by atoms with Crippen molar-refractivity contribution in [3.8, 4) is 5.82 Å². The lowest BCUT2D eigenvalue weighted by Crippen LogP contribution is -2.00. The second-order valence-electron chi connectivity index (χ2n) is 6.77. The molecule has 3 nitrogen and oxygen atoms in total. The Bertz CT molecular complexity index is 1250. The molecular formula is C22H19N3. The quantitative estimate of drug-likeness (QED) is 0.380. The number of benzene rings is 2. The van der Waals surface area contributed by atoms with Crippen LogP contribution in [0.25, 0.3) is 33.0 Å². The van der Waals surface area contributed by atoms with Gasteiger partial charge in [0.2, 0.25) is 0 Å². The summed E-state index contributed by atoms with van der Waals surface area (Å²) < 4.78 is 4.31. The summed E-state index contributed by atoms with van der Waals surface area (Å²) in [6, 6.07) is 21.5. The maximum absolute atomic E-state index is 4.98. The number of aryl methyl sites for hydroxylation is 3. The molecule has 0 fully saturated rings. The van der Waals surface area contributed by atoms with Crippen LogP contribution < -0.4 is 0 Å². The number of aromatic nitrogens is 3. The summed E-state index contributed by atoms with van der Waals surface area (Å²) in [5.74, 6) is 0.971. The van der Waals surface area contributed by atoms with Crippen LogP contribution >= 0.6 is 0 Å². The fraction of sp³-hybridized carbons (Fsp3) is 0.136. The molecule has 0 saturated carbocycles. The molecule has 3 aromatic heterocycles. The number of pyridine rings is 1. The van der Waals surface area contributed by atoms with E-state index in [1.54, 1.807) is 0 Å². The van der Waals surface area contributed by atoms with E-state index >= 15 is 0 Å². The average Bonchev–Trinajstić information content (AvgIpc) is 3.18. The maximum atomic E-state index is 4.98. The molecule has 122 valence electrons. The van der Waals surface area contributed by atoms with Gasteiger partial charge in [-0.15, -0.1) is 5.10 Å². The molecule has 2 aromatic carbocycles. The largest absolute Gasteiger partial charge is 0.302 e. The molecule has 0 spiro atoms. The van der Waals surface area contributed by atoms with Gasteiger partial charge in [-0.2, -0.15) is 0 Å². The molecular weight excluding hydrogens is 306 g/mol. The third-order valence-corrected chi connectivity index (χ3v) is 5.15. The first-order valence-electron chi connectivity index (χ1n) is 8.60. The van der Waals surface area contributed by atoms with E-state index in [-0.39, 0.29) is 0 Å². The Morgan fingerprint density at radius 2 is 1.44 bits per heavy atom. The predicted octanol–water partition coefficient (Wildman–Crippen LogP) is 5.36. The molecule has 3 heteroatoms. The topological polar surface area (TPSA) is 22.2 Å². The van der Waals surface area contributed by atoms with Crippen molar-refractivity contribution in [2.75, 3.05) is 0 Å². The Balaban J connectivity index is 2.01. The van der Waals surface area contributed by atoms with E-state index in [1.165, 1.54) is 33.1 Å². The third-order valence-electron chi connectivity index (χ3n) is 5.15. The lowest BCUT2D eigenvalue weighted by molar-refractivity contribution is 0.880. The first-order valence-corrected chi connectivity index (χ1v) is 8.60. The van der Waals surface area contributed by atoms with Crippen LogP contribution in [-0.4, -0.2) is 14.2 Å². The summed E-state index contributed by atoms with van der Waals surface area (Å²) >= 11 is 0. The van der Waals surface area contributed by atoms with E-state index < -0.39 is 0 Å². The SMILES string of the molecule is Cc1cccc2c1c1ccccc1c1cc(-n3c(C)ccc3C)nn12. The number of hydrogen-bond acceptors (Lipinski definition) is 1. The van der Waals surface area contributed by atoms with E-state index in [1.807, 2.05) is 0 Å². The second-order valence-corrected chi connectivity index (χ2v) is 6.77. The summed E-state index contributed by atoms with van der Waals surface area (Å²) in [5.41, 5.74) is 5.98. The first kappa shape index (κ1) is 14.3. The van der Waals surface area contributed by atoms with E-state index in [2.05, 4.69) is 90.5 Å². The van der Waals surface area contributed by atoms with Gasteiger partial charge in [-0.1, -0.05) is 36.4 Å². The molecule has 0 amide bonds. The van der Waals surface area contributed by atoms with Gasteiger partial charge in [0.1, 0.15) is 0 Å². The second kappa shape index (κ2) is 4.96. The minimum absolute atomic E-state index is 0.971. The zero-order chi connectivity index (χ0) is 17.1. The summed E-state index contributed by atoms with van der Waals surface area (Å²) in [5, 5.41) is 8.78. The number of fused-ring (bicyclic) bond motifs is 6. The number of rotatable bonds is 1. The molecule has 0 atom stereocenters. The van der Waals surface area contributed by atoms with Crippen LogP contribution in [0.5, 0.6) is 0 Å². The number of hydrogen-bond donors (Lipinski definition) is 0. The van der Waals surface area contributed by atoms with Gasteiger partial charge in [0.05, 0.1) is 11.0 Å². The normalized spacial score (nSPS) is 11.8. The molecule has 0 aliphatic heterocycles. The Labute approximate surface area is 146 Å². The molecule has 0 aliphatic rings. The summed E-state index contributed by atoms with van der Waals surface area (Å²) in [7, 11) is 0. The van der Waals surface area contributed by atoms with Crippen LogP contribution in [-0.2, 0) is 0 Å². The first-order chi connectivity index (χ1) is 12.1. The van der Waals surface area contributed by atoms with Gasteiger partial charge in [0, 0.05) is 28.2 Å². The minimum Gasteiger partial charge on any atom is -0.302 e. The van der Waals surface area contributed by atoms with Crippen molar-refractivity contribution < 1.29 is 0 Å². The van der Waals surface area contributed by atoms with E-state index in [0.717, 1.165) is 16.9 Å². The zero-order valence-electron chi connectivity index (χ0n) is 14.6. The zero-order valence-corrected chi connectivity index (χ0v) is 14.6. The molecule has 0 bridgehead atoms. The highest BCUT2D eigenvalue weighted by atomic mass is 15.3. The maximum Gasteiger partial charge on any atom is 0.160 e. The predicted molar refractivity (Wildman–Crippen MR) is 104 cm³/mol. The van der Waals surface area contributed by atoms with Gasteiger partial charge in [0.15, 0.2) is 5.82 Å². The van der Waals surface area contributed by atoms with Gasteiger partial charge < -0.3 is 4.57 Å². The lowest BCUT2D eigenvalue weighted by atomic mass is 10.0. The number of nitrogens with zero attached hydrogens (tertiary/aromatic N) is 3. The van der Waals surface area contributed by atoms with Crippen molar-refractivity contribution in [1.29, 1.82) is 0 Å². The molecule has 0 radical (unpaired) electrons. The van der Waals surface area contributed by atoms with Gasteiger partial charge >= 0.3 is 0 Å². The van der Waals surface area contributed by atoms with Gasteiger partial charge in [-0.3, -0.25) is 0 Å². The molecule has 0 saturated heterocycles. The molecule has 5 aromatic rings. The van der Waals surface area contributed by atoms with Crippen molar-refractivity contribution in [1.82, 2.24) is 14.2 Å². The van der Waals surface area contributed by atoms with Crippen LogP contribution in [0.15, 0.2) is 60.7 Å². The van der Waals surface area contributed by atoms with Gasteiger partial charge in [-0.05, 0) is 49.9 Å². The van der Waals surface area contributed by atoms with E-state index in [9.17, 15) is 0 Å². The fourth-order valence-electron chi connectivity index (χ4n) is 3.99. The van der Waals surface area contributed by atoms with Crippen molar-refractivity contribution >= 4 is 27.2 Å². The molecule has 0 N–H and O–H groups in total. The van der Waals surface area contributed by atoms with Crippen molar-refractivity contribution in [2.45, 2.75) is 20.8 Å². The minimum atomic E-state index is 0.971. The summed E-state index contributed by atoms with van der Waals surface area (Å²) in [6.45, 7) is 6.42. The summed E-state index contributed by atoms with van der Waals surface area (Å²) in [6.07, 6.45) is 0. The van der Waals surface area contributed by atoms with Gasteiger partial charge in [-0.25, -0.2) is 4.52 Å². The van der Waals surface area contributed by atoms with Crippen LogP contribution in [0, 0.1) is 20.8 Å². The fourth-order valence-corrected chi connectivity index (χ4v) is 3.99. The summed E-state index contributed by atoms with van der Waals surface area (Å²) in [4.78, 5) is 0. The van der Waals surface area contributed by atoms with Crippen molar-refractivity contribution in [3.63, 3.8) is 0 Å². The standard InChI is InChI=1S/C22H19N3/c1-14-7-6-10-19-22(14)18-9-5-4-8-17(18)20-13-21(23-25(19)20)24-15(2)11-12-16(24)3/h4-13H,1-3H3. The molecule has 3 heterocycles. The highest BCUT2D eigenvalue weighted by molar-refractivity contribution is 6.13. The Hall–Kier alpha value is -3.07. The molecule has 25 heavy (non-hydrogen) atoms. The highest BCUT2D eigenvalue weighted by Gasteiger charge is 2.14. The Kier molecular flexibility index (Phi) is 2.84. The van der Waals surface area contributed by atoms with Crippen LogP contribution in [0.2, 0.25) is 0 Å². The Morgan fingerprint density at radius 3 is 2.20 bits per heavy atom. The van der Waals surface area contributed by atoms with Crippen molar-refractivity contribution in [2.24, 2.45) is 0 Å². The smallest absolute Gasteiger partial charge is 0.160 e. The lowest BCUT2D eigenvalue weighted by Gasteiger charge is -2.09. The van der Waals surface area contributed by atoms with Crippen LogP contribution in [0.1, 0.15) is 17.0 Å².